The summed E-state index contributed by atoms with van der Waals surface area (Å²) in [5.74, 6) is 0.546. The number of hydrogen-bond donors (Lipinski definition) is 1. The van der Waals surface area contributed by atoms with Gasteiger partial charge in [-0.25, -0.2) is 0 Å². The largest absolute Gasteiger partial charge is 0.359 e. The average Bonchev–Trinajstić information content (AvgIpc) is 2.29. The lowest BCUT2D eigenvalue weighted by molar-refractivity contribution is -0.125. The Kier molecular flexibility index (Phi) is 4.87. The molecule has 1 fully saturated rings. The molecular weight excluding hydrogens is 162 g/mol. The van der Waals surface area contributed by atoms with Crippen LogP contribution in [0.1, 0.15) is 51.4 Å². The molecule has 0 unspecified atom stereocenters. The van der Waals surface area contributed by atoms with Crippen molar-refractivity contribution in [1.82, 2.24) is 5.32 Å². The molecule has 0 radical (unpaired) electrons. The fourth-order valence-electron chi connectivity index (χ4n) is 2.10. The predicted molar refractivity (Wildman–Crippen MR) is 54.5 cm³/mol. The highest BCUT2D eigenvalue weighted by Gasteiger charge is 2.16. The normalized spacial score (nSPS) is 21.3. The van der Waals surface area contributed by atoms with E-state index in [2.05, 4.69) is 5.32 Å². The Labute approximate surface area is 81.1 Å². The van der Waals surface area contributed by atoms with Crippen LogP contribution in [-0.2, 0) is 4.79 Å². The molecule has 0 spiro atoms. The van der Waals surface area contributed by atoms with Crippen molar-refractivity contribution in [3.05, 3.63) is 0 Å². The van der Waals surface area contributed by atoms with Gasteiger partial charge in [0.05, 0.1) is 0 Å². The molecule has 2 nitrogen and oxygen atoms in total. The Morgan fingerprint density at radius 2 is 1.46 bits per heavy atom. The Bertz CT molecular complexity index is 146. The van der Waals surface area contributed by atoms with Crippen molar-refractivity contribution in [1.29, 1.82) is 0 Å². The molecule has 1 N–H and O–H groups in total. The van der Waals surface area contributed by atoms with Gasteiger partial charge in [-0.2, -0.15) is 0 Å². The van der Waals surface area contributed by atoms with Gasteiger partial charge in [-0.15, -0.1) is 0 Å². The zero-order valence-electron chi connectivity index (χ0n) is 8.64. The number of amides is 1. The first kappa shape index (κ1) is 10.6. The van der Waals surface area contributed by atoms with Crippen LogP contribution in [0.4, 0.5) is 0 Å². The van der Waals surface area contributed by atoms with E-state index in [0.29, 0.717) is 5.92 Å². The highest BCUT2D eigenvalue weighted by Crippen LogP contribution is 2.21. The van der Waals surface area contributed by atoms with Gasteiger partial charge in [-0.1, -0.05) is 38.5 Å². The van der Waals surface area contributed by atoms with Crippen LogP contribution in [0.15, 0.2) is 0 Å². The second kappa shape index (κ2) is 6.01. The van der Waals surface area contributed by atoms with Gasteiger partial charge < -0.3 is 5.32 Å². The molecule has 0 bridgehead atoms. The molecule has 0 aromatic carbocycles. The van der Waals surface area contributed by atoms with Crippen molar-refractivity contribution >= 4 is 5.91 Å². The van der Waals surface area contributed by atoms with E-state index in [1.807, 2.05) is 0 Å². The minimum Gasteiger partial charge on any atom is -0.359 e. The monoisotopic (exact) mass is 183 g/mol. The second-order valence-electron chi connectivity index (χ2n) is 4.01. The van der Waals surface area contributed by atoms with Crippen LogP contribution >= 0.6 is 0 Å². The third kappa shape index (κ3) is 3.79. The van der Waals surface area contributed by atoms with E-state index in [-0.39, 0.29) is 5.91 Å². The quantitative estimate of drug-likeness (QED) is 0.665. The molecule has 13 heavy (non-hydrogen) atoms. The molecule has 76 valence electrons. The van der Waals surface area contributed by atoms with Crippen molar-refractivity contribution in [2.24, 2.45) is 5.92 Å². The first-order chi connectivity index (χ1) is 6.34. The predicted octanol–water partition coefficient (Wildman–Crippen LogP) is 2.48. The molecule has 0 atom stereocenters. The van der Waals surface area contributed by atoms with Crippen molar-refractivity contribution in [3.8, 4) is 0 Å². The first-order valence-corrected chi connectivity index (χ1v) is 5.56. The fourth-order valence-corrected chi connectivity index (χ4v) is 2.10. The Hall–Kier alpha value is -0.530. The third-order valence-corrected chi connectivity index (χ3v) is 2.97. The lowest BCUT2D eigenvalue weighted by Crippen LogP contribution is -2.27. The summed E-state index contributed by atoms with van der Waals surface area (Å²) in [5.41, 5.74) is 0. The zero-order valence-corrected chi connectivity index (χ0v) is 8.64. The summed E-state index contributed by atoms with van der Waals surface area (Å²) in [6, 6.07) is 0. The van der Waals surface area contributed by atoms with Gasteiger partial charge >= 0.3 is 0 Å². The van der Waals surface area contributed by atoms with Crippen LogP contribution in [-0.4, -0.2) is 13.0 Å². The minimum atomic E-state index is 0.252. The summed E-state index contributed by atoms with van der Waals surface area (Å²) in [6.45, 7) is 0. The molecule has 1 aliphatic carbocycles. The van der Waals surface area contributed by atoms with E-state index in [0.717, 1.165) is 12.8 Å². The second-order valence-corrected chi connectivity index (χ2v) is 4.01. The summed E-state index contributed by atoms with van der Waals surface area (Å²) >= 11 is 0. The number of hydrogen-bond acceptors (Lipinski definition) is 1. The summed E-state index contributed by atoms with van der Waals surface area (Å²) in [7, 11) is 1.75. The molecule has 0 aromatic heterocycles. The molecule has 1 amide bonds. The average molecular weight is 183 g/mol. The van der Waals surface area contributed by atoms with Crippen molar-refractivity contribution in [3.63, 3.8) is 0 Å². The molecule has 0 saturated heterocycles. The van der Waals surface area contributed by atoms with Crippen molar-refractivity contribution in [2.45, 2.75) is 51.4 Å². The maximum absolute atomic E-state index is 11.4. The van der Waals surface area contributed by atoms with E-state index in [9.17, 15) is 4.79 Å². The molecule has 2 heteroatoms. The lowest BCUT2D eigenvalue weighted by Gasteiger charge is -2.13. The van der Waals surface area contributed by atoms with Gasteiger partial charge in [0.2, 0.25) is 5.91 Å². The van der Waals surface area contributed by atoms with Gasteiger partial charge in [-0.3, -0.25) is 4.79 Å². The molecule has 0 aliphatic heterocycles. The SMILES string of the molecule is CNC(=O)C1CCCCCCCC1. The summed E-state index contributed by atoms with van der Waals surface area (Å²) < 4.78 is 0. The molecular formula is C11H21NO. The van der Waals surface area contributed by atoms with Crippen LogP contribution in [0.5, 0.6) is 0 Å². The van der Waals surface area contributed by atoms with E-state index in [1.165, 1.54) is 38.5 Å². The minimum absolute atomic E-state index is 0.252. The maximum atomic E-state index is 11.4. The lowest BCUT2D eigenvalue weighted by atomic mass is 9.96. The highest BCUT2D eigenvalue weighted by molar-refractivity contribution is 5.78. The van der Waals surface area contributed by atoms with Crippen molar-refractivity contribution in [2.75, 3.05) is 7.05 Å². The van der Waals surface area contributed by atoms with Gasteiger partial charge in [0.25, 0.3) is 0 Å². The van der Waals surface area contributed by atoms with E-state index in [4.69, 9.17) is 0 Å². The van der Waals surface area contributed by atoms with Gasteiger partial charge in [0.1, 0.15) is 0 Å². The molecule has 1 saturated carbocycles. The fraction of sp³-hybridized carbons (Fsp3) is 0.909. The van der Waals surface area contributed by atoms with Gasteiger partial charge in [0, 0.05) is 13.0 Å². The summed E-state index contributed by atoms with van der Waals surface area (Å²) in [5, 5.41) is 2.76. The topological polar surface area (TPSA) is 29.1 Å². The van der Waals surface area contributed by atoms with Gasteiger partial charge in [0.15, 0.2) is 0 Å². The third-order valence-electron chi connectivity index (χ3n) is 2.97. The molecule has 1 aliphatic rings. The number of carbonyl (C=O) groups excluding carboxylic acids is 1. The summed E-state index contributed by atoms with van der Waals surface area (Å²) in [4.78, 5) is 11.4. The number of carbonyl (C=O) groups is 1. The highest BCUT2D eigenvalue weighted by atomic mass is 16.1. The van der Waals surface area contributed by atoms with E-state index in [1.54, 1.807) is 7.05 Å². The van der Waals surface area contributed by atoms with E-state index < -0.39 is 0 Å². The number of nitrogens with one attached hydrogen (secondary N) is 1. The first-order valence-electron chi connectivity index (χ1n) is 5.56. The smallest absolute Gasteiger partial charge is 0.222 e. The number of rotatable bonds is 1. The van der Waals surface area contributed by atoms with E-state index >= 15 is 0 Å². The Morgan fingerprint density at radius 3 is 1.92 bits per heavy atom. The van der Waals surface area contributed by atoms with Crippen LogP contribution in [0, 0.1) is 5.92 Å². The van der Waals surface area contributed by atoms with Crippen LogP contribution in [0.3, 0.4) is 0 Å². The summed E-state index contributed by atoms with van der Waals surface area (Å²) in [6.07, 6.45) is 10.0. The van der Waals surface area contributed by atoms with Crippen LogP contribution in [0.25, 0.3) is 0 Å². The van der Waals surface area contributed by atoms with Crippen LogP contribution < -0.4 is 5.32 Å². The zero-order chi connectivity index (χ0) is 9.52. The standard InChI is InChI=1S/C11H21NO/c1-12-11(13)10-8-6-4-2-3-5-7-9-10/h10H,2-9H2,1H3,(H,12,13). The maximum Gasteiger partial charge on any atom is 0.222 e. The van der Waals surface area contributed by atoms with Gasteiger partial charge in [-0.05, 0) is 12.8 Å². The molecule has 1 rings (SSSR count). The molecule has 0 heterocycles. The van der Waals surface area contributed by atoms with Crippen LogP contribution in [0.2, 0.25) is 0 Å². The molecule has 0 aromatic rings. The van der Waals surface area contributed by atoms with Crippen molar-refractivity contribution < 1.29 is 4.79 Å². The Balaban J connectivity index is 2.36. The Morgan fingerprint density at radius 1 is 1.00 bits per heavy atom.